The summed E-state index contributed by atoms with van der Waals surface area (Å²) in [5.74, 6) is 0.583. The molecule has 0 bridgehead atoms. The minimum atomic E-state index is 0.583. The number of likely N-dealkylation sites (N-methyl/N-ethyl adjacent to an activating group) is 1. The second-order valence-corrected chi connectivity index (χ2v) is 4.87. The van der Waals surface area contributed by atoms with E-state index in [2.05, 4.69) is 15.5 Å². The Morgan fingerprint density at radius 2 is 2.20 bits per heavy atom. The Morgan fingerprint density at radius 1 is 1.40 bits per heavy atom. The summed E-state index contributed by atoms with van der Waals surface area (Å²) < 4.78 is 5.34. The average molecular weight is 227 g/mol. The first kappa shape index (κ1) is 11.0. The lowest BCUT2D eigenvalue weighted by molar-refractivity contribution is 0.0851. The van der Waals surface area contributed by atoms with Crippen LogP contribution in [-0.2, 0) is 11.2 Å². The molecule has 0 amide bonds. The number of ether oxygens (including phenoxy) is 1. The average Bonchev–Trinajstić information content (AvgIpc) is 2.76. The van der Waals surface area contributed by atoms with Gasteiger partial charge in [0.2, 0.25) is 0 Å². The molecule has 4 nitrogen and oxygen atoms in total. The van der Waals surface area contributed by atoms with Gasteiger partial charge in [-0.05, 0) is 19.9 Å². The second-order valence-electron chi connectivity index (χ2n) is 3.77. The maximum Gasteiger partial charge on any atom is 0.120 e. The van der Waals surface area contributed by atoms with Crippen LogP contribution in [0.3, 0.4) is 0 Å². The van der Waals surface area contributed by atoms with Crippen LogP contribution in [0.2, 0.25) is 0 Å². The minimum absolute atomic E-state index is 0.583. The smallest absolute Gasteiger partial charge is 0.120 e. The fourth-order valence-electron chi connectivity index (χ4n) is 1.71. The van der Waals surface area contributed by atoms with Gasteiger partial charge in [0.15, 0.2) is 0 Å². The van der Waals surface area contributed by atoms with Gasteiger partial charge in [0, 0.05) is 32.1 Å². The zero-order chi connectivity index (χ0) is 10.5. The van der Waals surface area contributed by atoms with Gasteiger partial charge in [-0.2, -0.15) is 0 Å². The van der Waals surface area contributed by atoms with Crippen LogP contribution in [-0.4, -0.2) is 37.0 Å². The zero-order valence-corrected chi connectivity index (χ0v) is 9.85. The van der Waals surface area contributed by atoms with Crippen molar-refractivity contribution in [1.82, 2.24) is 15.5 Å². The molecule has 0 aliphatic carbocycles. The van der Waals surface area contributed by atoms with Crippen molar-refractivity contribution in [2.24, 2.45) is 0 Å². The van der Waals surface area contributed by atoms with Crippen molar-refractivity contribution >= 4 is 11.3 Å². The predicted molar refractivity (Wildman–Crippen MR) is 60.3 cm³/mol. The van der Waals surface area contributed by atoms with Crippen molar-refractivity contribution in [3.63, 3.8) is 0 Å². The van der Waals surface area contributed by atoms with Crippen LogP contribution in [0.15, 0.2) is 0 Å². The van der Waals surface area contributed by atoms with Gasteiger partial charge in [-0.25, -0.2) is 0 Å². The summed E-state index contributed by atoms with van der Waals surface area (Å²) in [5.41, 5.74) is 0. The summed E-state index contributed by atoms with van der Waals surface area (Å²) in [7, 11) is 1.96. The topological polar surface area (TPSA) is 47.0 Å². The highest BCUT2D eigenvalue weighted by Crippen LogP contribution is 2.28. The summed E-state index contributed by atoms with van der Waals surface area (Å²) in [5, 5.41) is 14.0. The van der Waals surface area contributed by atoms with Gasteiger partial charge in [-0.1, -0.05) is 0 Å². The Kier molecular flexibility index (Phi) is 4.05. The highest BCUT2D eigenvalue weighted by molar-refractivity contribution is 7.11. The highest BCUT2D eigenvalue weighted by Gasteiger charge is 2.19. The van der Waals surface area contributed by atoms with Gasteiger partial charge >= 0.3 is 0 Å². The monoisotopic (exact) mass is 227 g/mol. The summed E-state index contributed by atoms with van der Waals surface area (Å²) in [6.07, 6.45) is 3.18. The van der Waals surface area contributed by atoms with E-state index in [1.807, 2.05) is 7.05 Å². The Morgan fingerprint density at radius 3 is 2.93 bits per heavy atom. The second kappa shape index (κ2) is 5.53. The first-order valence-corrected chi connectivity index (χ1v) is 6.26. The zero-order valence-electron chi connectivity index (χ0n) is 9.03. The lowest BCUT2D eigenvalue weighted by atomic mass is 10.0. The standard InChI is InChI=1S/C10H17N3OS/c1-11-5-2-9-12-13-10(15-9)8-3-6-14-7-4-8/h8,11H,2-7H2,1H3. The van der Waals surface area contributed by atoms with E-state index < -0.39 is 0 Å². The molecule has 2 heterocycles. The molecular weight excluding hydrogens is 210 g/mol. The molecule has 0 aromatic carbocycles. The van der Waals surface area contributed by atoms with Crippen LogP contribution < -0.4 is 5.32 Å². The number of hydrogen-bond acceptors (Lipinski definition) is 5. The molecule has 1 aromatic heterocycles. The summed E-state index contributed by atoms with van der Waals surface area (Å²) in [6, 6.07) is 0. The van der Waals surface area contributed by atoms with Crippen LogP contribution in [0, 0.1) is 0 Å². The Labute approximate surface area is 94.1 Å². The molecule has 1 fully saturated rings. The van der Waals surface area contributed by atoms with Gasteiger partial charge in [0.05, 0.1) is 0 Å². The minimum Gasteiger partial charge on any atom is -0.381 e. The molecular formula is C10H17N3OS. The molecule has 0 unspecified atom stereocenters. The summed E-state index contributed by atoms with van der Waals surface area (Å²) in [6.45, 7) is 2.72. The number of nitrogens with zero attached hydrogens (tertiary/aromatic N) is 2. The van der Waals surface area contributed by atoms with Crippen molar-refractivity contribution in [3.05, 3.63) is 10.0 Å². The third-order valence-corrected chi connectivity index (χ3v) is 3.79. The van der Waals surface area contributed by atoms with Crippen LogP contribution in [0.25, 0.3) is 0 Å². The molecule has 15 heavy (non-hydrogen) atoms. The van der Waals surface area contributed by atoms with Crippen LogP contribution >= 0.6 is 11.3 Å². The number of nitrogens with one attached hydrogen (secondary N) is 1. The van der Waals surface area contributed by atoms with E-state index in [1.54, 1.807) is 11.3 Å². The SMILES string of the molecule is CNCCc1nnc(C2CCOCC2)s1. The summed E-state index contributed by atoms with van der Waals surface area (Å²) >= 11 is 1.76. The van der Waals surface area contributed by atoms with Gasteiger partial charge in [0.25, 0.3) is 0 Å². The highest BCUT2D eigenvalue weighted by atomic mass is 32.1. The molecule has 5 heteroatoms. The molecule has 0 saturated carbocycles. The van der Waals surface area contributed by atoms with Crippen LogP contribution in [0.1, 0.15) is 28.8 Å². The lowest BCUT2D eigenvalue weighted by Gasteiger charge is -2.18. The van der Waals surface area contributed by atoms with Crippen molar-refractivity contribution in [2.75, 3.05) is 26.8 Å². The van der Waals surface area contributed by atoms with E-state index in [0.717, 1.165) is 44.0 Å². The maximum absolute atomic E-state index is 5.34. The first-order valence-electron chi connectivity index (χ1n) is 5.45. The van der Waals surface area contributed by atoms with Gasteiger partial charge in [-0.3, -0.25) is 0 Å². The molecule has 2 rings (SSSR count). The van der Waals surface area contributed by atoms with Gasteiger partial charge in [0.1, 0.15) is 10.0 Å². The third kappa shape index (κ3) is 2.96. The molecule has 1 N–H and O–H groups in total. The lowest BCUT2D eigenvalue weighted by Crippen LogP contribution is -2.13. The van der Waals surface area contributed by atoms with E-state index in [9.17, 15) is 0 Å². The predicted octanol–water partition coefficient (Wildman–Crippen LogP) is 1.19. The molecule has 0 atom stereocenters. The maximum atomic E-state index is 5.34. The number of aromatic nitrogens is 2. The quantitative estimate of drug-likeness (QED) is 0.839. The van der Waals surface area contributed by atoms with Crippen molar-refractivity contribution in [1.29, 1.82) is 0 Å². The largest absolute Gasteiger partial charge is 0.381 e. The Bertz CT molecular complexity index is 297. The summed E-state index contributed by atoms with van der Waals surface area (Å²) in [4.78, 5) is 0. The molecule has 1 aliphatic rings. The molecule has 1 saturated heterocycles. The van der Waals surface area contributed by atoms with Crippen molar-refractivity contribution < 1.29 is 4.74 Å². The third-order valence-electron chi connectivity index (χ3n) is 2.64. The van der Waals surface area contributed by atoms with E-state index in [4.69, 9.17) is 4.74 Å². The van der Waals surface area contributed by atoms with Crippen molar-refractivity contribution in [2.45, 2.75) is 25.2 Å². The molecule has 0 radical (unpaired) electrons. The number of rotatable bonds is 4. The first-order chi connectivity index (χ1) is 7.40. The van der Waals surface area contributed by atoms with Crippen LogP contribution in [0.5, 0.6) is 0 Å². The van der Waals surface area contributed by atoms with E-state index >= 15 is 0 Å². The van der Waals surface area contributed by atoms with E-state index in [0.29, 0.717) is 5.92 Å². The molecule has 1 aliphatic heterocycles. The normalized spacial score (nSPS) is 18.2. The van der Waals surface area contributed by atoms with Gasteiger partial charge < -0.3 is 10.1 Å². The van der Waals surface area contributed by atoms with Crippen LogP contribution in [0.4, 0.5) is 0 Å². The van der Waals surface area contributed by atoms with E-state index in [1.165, 1.54) is 5.01 Å². The molecule has 1 aromatic rings. The molecule has 0 spiro atoms. The molecule has 84 valence electrons. The Hall–Kier alpha value is -0.520. The fraction of sp³-hybridized carbons (Fsp3) is 0.800. The van der Waals surface area contributed by atoms with Gasteiger partial charge in [-0.15, -0.1) is 21.5 Å². The number of hydrogen-bond donors (Lipinski definition) is 1. The fourth-order valence-corrected chi connectivity index (χ4v) is 2.72. The van der Waals surface area contributed by atoms with Crippen molar-refractivity contribution in [3.8, 4) is 0 Å². The van der Waals surface area contributed by atoms with E-state index in [-0.39, 0.29) is 0 Å². The Balaban J connectivity index is 1.93.